The molecule has 29 heavy (non-hydrogen) atoms. The summed E-state index contributed by atoms with van der Waals surface area (Å²) in [6, 6.07) is 13.9. The molecule has 3 aliphatic rings. The molecule has 1 amide bonds. The van der Waals surface area contributed by atoms with Crippen molar-refractivity contribution in [2.75, 3.05) is 10.6 Å². The van der Waals surface area contributed by atoms with Crippen molar-refractivity contribution in [2.24, 2.45) is 0 Å². The summed E-state index contributed by atoms with van der Waals surface area (Å²) in [5.41, 5.74) is 4.49. The molecule has 3 N–H and O–H groups in total. The number of carbonyl (C=O) groups is 1. The third kappa shape index (κ3) is 2.84. The number of para-hydroxylation sites is 1. The molecular weight excluding hydrogens is 365 g/mol. The van der Waals surface area contributed by atoms with E-state index in [9.17, 15) is 4.79 Å². The zero-order valence-corrected chi connectivity index (χ0v) is 17.1. The van der Waals surface area contributed by atoms with Crippen LogP contribution in [0.3, 0.4) is 0 Å². The normalized spacial score (nSPS) is 23.7. The number of rotatable bonds is 1. The fourth-order valence-electron chi connectivity index (χ4n) is 3.87. The van der Waals surface area contributed by atoms with Crippen LogP contribution in [0.4, 0.5) is 11.4 Å². The minimum absolute atomic E-state index is 0.125. The highest BCUT2D eigenvalue weighted by Crippen LogP contribution is 2.38. The van der Waals surface area contributed by atoms with E-state index in [0.29, 0.717) is 17.9 Å². The van der Waals surface area contributed by atoms with E-state index < -0.39 is 18.3 Å². The van der Waals surface area contributed by atoms with Crippen LogP contribution in [0.15, 0.2) is 48.3 Å². The van der Waals surface area contributed by atoms with Crippen LogP contribution < -0.4 is 21.4 Å². The van der Waals surface area contributed by atoms with E-state index in [1.54, 1.807) is 0 Å². The first-order valence-corrected chi connectivity index (χ1v) is 9.89. The Balaban J connectivity index is 1.53. The Bertz CT molecular complexity index is 1050. The molecular formula is C22H24BN3O3. The molecule has 2 aromatic rings. The lowest BCUT2D eigenvalue weighted by Gasteiger charge is -2.32. The molecule has 7 heteroatoms. The maximum absolute atomic E-state index is 12.8. The Morgan fingerprint density at radius 1 is 0.931 bits per heavy atom. The Kier molecular flexibility index (Phi) is 3.85. The summed E-state index contributed by atoms with van der Waals surface area (Å²) >= 11 is 0. The molecule has 1 fully saturated rings. The van der Waals surface area contributed by atoms with Gasteiger partial charge in [-0.05, 0) is 50.9 Å². The topological polar surface area (TPSA) is 71.6 Å². The van der Waals surface area contributed by atoms with Crippen molar-refractivity contribution in [3.8, 4) is 0 Å². The monoisotopic (exact) mass is 389 g/mol. The Hall–Kier alpha value is -2.77. The van der Waals surface area contributed by atoms with E-state index in [0.717, 1.165) is 22.4 Å². The molecule has 6 nitrogen and oxygen atoms in total. The first kappa shape index (κ1) is 18.3. The summed E-state index contributed by atoms with van der Waals surface area (Å²) in [6.45, 7) is 8.80. The van der Waals surface area contributed by atoms with E-state index in [1.165, 1.54) is 5.56 Å². The summed E-state index contributed by atoms with van der Waals surface area (Å²) < 4.78 is 12.4. The number of nitrogens with one attached hydrogen (secondary N) is 3. The minimum Gasteiger partial charge on any atom is -0.399 e. The molecule has 0 radical (unpaired) electrons. The van der Waals surface area contributed by atoms with Gasteiger partial charge in [0.15, 0.2) is 0 Å². The van der Waals surface area contributed by atoms with Crippen LogP contribution in [-0.2, 0) is 20.6 Å². The van der Waals surface area contributed by atoms with E-state index in [1.807, 2.05) is 64.1 Å². The standard InChI is InChI=1S/C22H24BN3O3/c1-21(2)22(3,4)29-23(28-21)14-9-10-17-15(11-14)18(20(27)26-17)19-24-12-13-7-5-6-8-16(13)25-19/h5-11,24-25H,12H2,1-4H3,(H,26,27)/b19-18-. The zero-order chi connectivity index (χ0) is 20.4. The van der Waals surface area contributed by atoms with Gasteiger partial charge < -0.3 is 25.3 Å². The molecule has 0 atom stereocenters. The van der Waals surface area contributed by atoms with Gasteiger partial charge in [-0.3, -0.25) is 4.79 Å². The average Bonchev–Trinajstić information content (AvgIpc) is 3.12. The van der Waals surface area contributed by atoms with E-state index in [4.69, 9.17) is 9.31 Å². The number of fused-ring (bicyclic) bond motifs is 2. The molecule has 148 valence electrons. The molecule has 1 saturated heterocycles. The second kappa shape index (κ2) is 6.11. The van der Waals surface area contributed by atoms with Crippen LogP contribution in [0, 0.1) is 0 Å². The van der Waals surface area contributed by atoms with Gasteiger partial charge in [0.25, 0.3) is 5.91 Å². The molecule has 3 aliphatic heterocycles. The van der Waals surface area contributed by atoms with Gasteiger partial charge in [-0.15, -0.1) is 0 Å². The summed E-state index contributed by atoms with van der Waals surface area (Å²) in [6.07, 6.45) is 0. The van der Waals surface area contributed by atoms with Crippen LogP contribution in [0.2, 0.25) is 0 Å². The van der Waals surface area contributed by atoms with Crippen LogP contribution >= 0.6 is 0 Å². The number of hydrogen-bond donors (Lipinski definition) is 3. The number of benzene rings is 2. The number of anilines is 2. The van der Waals surface area contributed by atoms with Gasteiger partial charge in [0.05, 0.1) is 16.8 Å². The molecule has 0 unspecified atom stereocenters. The van der Waals surface area contributed by atoms with Crippen LogP contribution in [0.5, 0.6) is 0 Å². The molecule has 0 spiro atoms. The largest absolute Gasteiger partial charge is 0.494 e. The fraction of sp³-hybridized carbons (Fsp3) is 0.318. The van der Waals surface area contributed by atoms with Gasteiger partial charge in [-0.2, -0.15) is 0 Å². The maximum atomic E-state index is 12.8. The van der Waals surface area contributed by atoms with Crippen molar-refractivity contribution in [1.29, 1.82) is 0 Å². The third-order valence-electron chi connectivity index (χ3n) is 6.30. The van der Waals surface area contributed by atoms with Gasteiger partial charge in [0, 0.05) is 23.5 Å². The lowest BCUT2D eigenvalue weighted by Crippen LogP contribution is -2.41. The van der Waals surface area contributed by atoms with E-state index >= 15 is 0 Å². The summed E-state index contributed by atoms with van der Waals surface area (Å²) in [5, 5.41) is 9.68. The predicted molar refractivity (Wildman–Crippen MR) is 115 cm³/mol. The van der Waals surface area contributed by atoms with Gasteiger partial charge >= 0.3 is 7.12 Å². The molecule has 0 aliphatic carbocycles. The highest BCUT2D eigenvalue weighted by atomic mass is 16.7. The van der Waals surface area contributed by atoms with Gasteiger partial charge in [0.2, 0.25) is 0 Å². The van der Waals surface area contributed by atoms with Crippen LogP contribution in [0.25, 0.3) is 5.57 Å². The fourth-order valence-corrected chi connectivity index (χ4v) is 3.87. The SMILES string of the molecule is CC1(C)OB(c2ccc3c(c2)/C(=C2\NCc4ccccc4N2)C(=O)N3)OC1(C)C. The van der Waals surface area contributed by atoms with Crippen molar-refractivity contribution < 1.29 is 14.1 Å². The van der Waals surface area contributed by atoms with E-state index in [2.05, 4.69) is 22.0 Å². The third-order valence-corrected chi connectivity index (χ3v) is 6.30. The maximum Gasteiger partial charge on any atom is 0.494 e. The highest BCUT2D eigenvalue weighted by Gasteiger charge is 2.52. The van der Waals surface area contributed by atoms with Crippen molar-refractivity contribution in [3.05, 3.63) is 59.4 Å². The van der Waals surface area contributed by atoms with Gasteiger partial charge in [-0.1, -0.05) is 30.3 Å². The highest BCUT2D eigenvalue weighted by molar-refractivity contribution is 6.62. The molecule has 5 rings (SSSR count). The number of amides is 1. The Morgan fingerprint density at radius 3 is 2.41 bits per heavy atom. The van der Waals surface area contributed by atoms with E-state index in [-0.39, 0.29) is 5.91 Å². The second-order valence-electron chi connectivity index (χ2n) is 8.73. The Labute approximate surface area is 170 Å². The van der Waals surface area contributed by atoms with Crippen LogP contribution in [-0.4, -0.2) is 24.2 Å². The second-order valence-corrected chi connectivity index (χ2v) is 8.73. The summed E-state index contributed by atoms with van der Waals surface area (Å²) in [7, 11) is -0.472. The van der Waals surface area contributed by atoms with Crippen molar-refractivity contribution in [1.82, 2.24) is 5.32 Å². The average molecular weight is 389 g/mol. The smallest absolute Gasteiger partial charge is 0.399 e. The zero-order valence-electron chi connectivity index (χ0n) is 17.1. The lowest BCUT2D eigenvalue weighted by molar-refractivity contribution is -0.110. The molecule has 0 bridgehead atoms. The van der Waals surface area contributed by atoms with Crippen molar-refractivity contribution >= 4 is 35.4 Å². The molecule has 2 aromatic carbocycles. The number of carbonyl (C=O) groups excluding carboxylic acids is 1. The quantitative estimate of drug-likeness (QED) is 0.517. The number of hydrogen-bond acceptors (Lipinski definition) is 5. The van der Waals surface area contributed by atoms with Crippen molar-refractivity contribution in [2.45, 2.75) is 45.4 Å². The molecule has 3 heterocycles. The predicted octanol–water partition coefficient (Wildman–Crippen LogP) is 2.82. The summed E-state index contributed by atoms with van der Waals surface area (Å²) in [5.74, 6) is 0.589. The molecule has 0 aromatic heterocycles. The van der Waals surface area contributed by atoms with Crippen LogP contribution in [0.1, 0.15) is 38.8 Å². The Morgan fingerprint density at radius 2 is 1.66 bits per heavy atom. The first-order chi connectivity index (χ1) is 13.7. The summed E-state index contributed by atoms with van der Waals surface area (Å²) in [4.78, 5) is 12.8. The minimum atomic E-state index is -0.472. The first-order valence-electron chi connectivity index (χ1n) is 9.89. The van der Waals surface area contributed by atoms with Gasteiger partial charge in [0.1, 0.15) is 5.82 Å². The van der Waals surface area contributed by atoms with Crippen molar-refractivity contribution in [3.63, 3.8) is 0 Å². The molecule has 0 saturated carbocycles. The lowest BCUT2D eigenvalue weighted by atomic mass is 9.78. The van der Waals surface area contributed by atoms with Gasteiger partial charge in [-0.25, -0.2) is 0 Å².